The van der Waals surface area contributed by atoms with E-state index in [1.165, 1.54) is 0 Å². The van der Waals surface area contributed by atoms with Crippen molar-refractivity contribution < 1.29 is 14.7 Å². The van der Waals surface area contributed by atoms with Crippen molar-refractivity contribution >= 4 is 29.3 Å². The quantitative estimate of drug-likeness (QED) is 0.863. The van der Waals surface area contributed by atoms with E-state index in [4.69, 9.17) is 16.7 Å². The minimum Gasteiger partial charge on any atom is -0.481 e. The van der Waals surface area contributed by atoms with Crippen LogP contribution in [0.1, 0.15) is 25.7 Å². The van der Waals surface area contributed by atoms with Crippen molar-refractivity contribution in [3.63, 3.8) is 0 Å². The lowest BCUT2D eigenvalue weighted by Crippen LogP contribution is -2.53. The molecule has 2 heterocycles. The summed E-state index contributed by atoms with van der Waals surface area (Å²) >= 11 is 6.29. The molecule has 136 valence electrons. The van der Waals surface area contributed by atoms with E-state index in [1.54, 1.807) is 4.90 Å². The summed E-state index contributed by atoms with van der Waals surface area (Å²) in [5.74, 6) is -1.09. The summed E-state index contributed by atoms with van der Waals surface area (Å²) < 4.78 is 0. The molecule has 2 N–H and O–H groups in total. The second-order valence-electron chi connectivity index (χ2n) is 6.79. The van der Waals surface area contributed by atoms with E-state index in [9.17, 15) is 9.59 Å². The number of carboxylic acid groups (broad SMARTS) is 1. The number of likely N-dealkylation sites (tertiary alicyclic amines) is 1. The van der Waals surface area contributed by atoms with Gasteiger partial charge in [0.1, 0.15) is 0 Å². The summed E-state index contributed by atoms with van der Waals surface area (Å²) in [7, 11) is 0. The lowest BCUT2D eigenvalue weighted by molar-refractivity contribution is -0.143. The Morgan fingerprint density at radius 1 is 1.12 bits per heavy atom. The number of carbonyl (C=O) groups excluding carboxylic acids is 1. The molecular weight excluding hydrogens is 342 g/mol. The van der Waals surface area contributed by atoms with Crippen molar-refractivity contribution in [2.75, 3.05) is 31.1 Å². The van der Waals surface area contributed by atoms with Crippen LogP contribution >= 0.6 is 11.6 Å². The Balaban J connectivity index is 1.53. The summed E-state index contributed by atoms with van der Waals surface area (Å²) in [6, 6.07) is 7.75. The van der Waals surface area contributed by atoms with Crippen molar-refractivity contribution in [1.82, 2.24) is 10.2 Å². The molecule has 0 saturated carbocycles. The number of hydrogen-bond acceptors (Lipinski definition) is 3. The van der Waals surface area contributed by atoms with Crippen LogP contribution in [-0.4, -0.2) is 54.2 Å². The maximum Gasteiger partial charge on any atom is 0.317 e. The minimum absolute atomic E-state index is 0.0784. The minimum atomic E-state index is -0.761. The van der Waals surface area contributed by atoms with Gasteiger partial charge in [-0.05, 0) is 37.8 Å². The standard InChI is InChI=1S/C18H24ClN3O3/c19-15-5-1-2-6-16(15)22-9-3-4-14(12-22)20-18(25)21-10-7-13(8-11-21)17(23)24/h1-2,5-6,13-14H,3-4,7-12H2,(H,20,25)(H,23,24). The number of hydrogen-bond donors (Lipinski definition) is 2. The molecule has 1 atom stereocenters. The first kappa shape index (κ1) is 17.9. The third kappa shape index (κ3) is 4.37. The molecule has 1 unspecified atom stereocenters. The Kier molecular flexibility index (Phi) is 5.68. The van der Waals surface area contributed by atoms with Crippen LogP contribution in [0.5, 0.6) is 0 Å². The van der Waals surface area contributed by atoms with Gasteiger partial charge in [0.05, 0.1) is 16.6 Å². The van der Waals surface area contributed by atoms with Crippen molar-refractivity contribution in [2.45, 2.75) is 31.7 Å². The molecule has 1 aromatic rings. The molecule has 1 aromatic carbocycles. The monoisotopic (exact) mass is 365 g/mol. The number of amides is 2. The lowest BCUT2D eigenvalue weighted by atomic mass is 9.97. The molecule has 2 saturated heterocycles. The van der Waals surface area contributed by atoms with E-state index >= 15 is 0 Å². The zero-order valence-electron chi connectivity index (χ0n) is 14.2. The van der Waals surface area contributed by atoms with Gasteiger partial charge in [-0.15, -0.1) is 0 Å². The molecule has 2 amide bonds. The van der Waals surface area contributed by atoms with Gasteiger partial charge in [-0.25, -0.2) is 4.79 Å². The zero-order valence-corrected chi connectivity index (χ0v) is 14.9. The predicted octanol–water partition coefficient (Wildman–Crippen LogP) is 2.82. The lowest BCUT2D eigenvalue weighted by Gasteiger charge is -2.37. The summed E-state index contributed by atoms with van der Waals surface area (Å²) in [6.07, 6.45) is 2.99. The number of anilines is 1. The Hall–Kier alpha value is -1.95. The van der Waals surface area contributed by atoms with E-state index in [0.29, 0.717) is 25.9 Å². The Morgan fingerprint density at radius 2 is 1.84 bits per heavy atom. The molecule has 0 aliphatic carbocycles. The Morgan fingerprint density at radius 3 is 2.52 bits per heavy atom. The van der Waals surface area contributed by atoms with E-state index in [-0.39, 0.29) is 18.0 Å². The van der Waals surface area contributed by atoms with Crippen LogP contribution in [0.4, 0.5) is 10.5 Å². The molecule has 2 aliphatic rings. The van der Waals surface area contributed by atoms with Gasteiger partial charge in [0, 0.05) is 32.2 Å². The van der Waals surface area contributed by atoms with Crippen molar-refractivity contribution in [3.05, 3.63) is 29.3 Å². The SMILES string of the molecule is O=C(O)C1CCN(C(=O)NC2CCCN(c3ccccc3Cl)C2)CC1. The van der Waals surface area contributed by atoms with Crippen molar-refractivity contribution in [3.8, 4) is 0 Å². The average Bonchev–Trinajstić information content (AvgIpc) is 2.62. The van der Waals surface area contributed by atoms with Gasteiger partial charge < -0.3 is 20.2 Å². The molecular formula is C18H24ClN3O3. The van der Waals surface area contributed by atoms with Crippen LogP contribution in [0.2, 0.25) is 5.02 Å². The van der Waals surface area contributed by atoms with Crippen molar-refractivity contribution in [1.29, 1.82) is 0 Å². The highest BCUT2D eigenvalue weighted by atomic mass is 35.5. The molecule has 0 aromatic heterocycles. The second kappa shape index (κ2) is 7.95. The van der Waals surface area contributed by atoms with E-state index in [0.717, 1.165) is 36.6 Å². The third-order valence-corrected chi connectivity index (χ3v) is 5.39. The number of carbonyl (C=O) groups is 2. The number of urea groups is 1. The Bertz CT molecular complexity index is 632. The molecule has 25 heavy (non-hydrogen) atoms. The van der Waals surface area contributed by atoms with Crippen molar-refractivity contribution in [2.24, 2.45) is 5.92 Å². The van der Waals surface area contributed by atoms with Crippen LogP contribution < -0.4 is 10.2 Å². The van der Waals surface area contributed by atoms with Gasteiger partial charge in [-0.1, -0.05) is 23.7 Å². The van der Waals surface area contributed by atoms with Crippen LogP contribution in [0.25, 0.3) is 0 Å². The molecule has 0 bridgehead atoms. The zero-order chi connectivity index (χ0) is 17.8. The molecule has 2 aliphatic heterocycles. The van der Waals surface area contributed by atoms with Crippen LogP contribution in [0.15, 0.2) is 24.3 Å². The molecule has 2 fully saturated rings. The fourth-order valence-corrected chi connectivity index (χ4v) is 3.87. The van der Waals surface area contributed by atoms with Crippen LogP contribution in [0.3, 0.4) is 0 Å². The third-order valence-electron chi connectivity index (χ3n) is 5.07. The van der Waals surface area contributed by atoms with Gasteiger partial charge in [0.25, 0.3) is 0 Å². The maximum atomic E-state index is 12.5. The second-order valence-corrected chi connectivity index (χ2v) is 7.19. The summed E-state index contributed by atoms with van der Waals surface area (Å²) in [4.78, 5) is 27.4. The summed E-state index contributed by atoms with van der Waals surface area (Å²) in [5, 5.41) is 12.9. The fourth-order valence-electron chi connectivity index (χ4n) is 3.62. The highest BCUT2D eigenvalue weighted by Crippen LogP contribution is 2.28. The van der Waals surface area contributed by atoms with Gasteiger partial charge in [0.15, 0.2) is 0 Å². The number of piperidine rings is 2. The van der Waals surface area contributed by atoms with Gasteiger partial charge in [0.2, 0.25) is 0 Å². The first-order valence-corrected chi connectivity index (χ1v) is 9.20. The Labute approximate surface area is 152 Å². The van der Waals surface area contributed by atoms with Gasteiger partial charge in [-0.3, -0.25) is 4.79 Å². The highest BCUT2D eigenvalue weighted by Gasteiger charge is 2.29. The van der Waals surface area contributed by atoms with Gasteiger partial charge in [-0.2, -0.15) is 0 Å². The molecule has 3 rings (SSSR count). The first-order chi connectivity index (χ1) is 12.0. The smallest absolute Gasteiger partial charge is 0.317 e. The normalized spacial score (nSPS) is 21.9. The number of aliphatic carboxylic acids is 1. The van der Waals surface area contributed by atoms with E-state index in [1.807, 2.05) is 24.3 Å². The van der Waals surface area contributed by atoms with Crippen LogP contribution in [-0.2, 0) is 4.79 Å². The fraction of sp³-hybridized carbons (Fsp3) is 0.556. The number of nitrogens with zero attached hydrogens (tertiary/aromatic N) is 2. The van der Waals surface area contributed by atoms with Crippen LogP contribution in [0, 0.1) is 5.92 Å². The largest absolute Gasteiger partial charge is 0.481 e. The topological polar surface area (TPSA) is 72.9 Å². The number of carboxylic acids is 1. The molecule has 7 heteroatoms. The van der Waals surface area contributed by atoms with Gasteiger partial charge >= 0.3 is 12.0 Å². The molecule has 0 radical (unpaired) electrons. The molecule has 0 spiro atoms. The average molecular weight is 366 g/mol. The van der Waals surface area contributed by atoms with E-state index in [2.05, 4.69) is 10.2 Å². The highest BCUT2D eigenvalue weighted by molar-refractivity contribution is 6.33. The maximum absolute atomic E-state index is 12.5. The molecule has 6 nitrogen and oxygen atoms in total. The number of rotatable bonds is 3. The van der Waals surface area contributed by atoms with E-state index < -0.39 is 5.97 Å². The summed E-state index contributed by atoms with van der Waals surface area (Å²) in [5.41, 5.74) is 1.00. The first-order valence-electron chi connectivity index (χ1n) is 8.82. The number of benzene rings is 1. The predicted molar refractivity (Wildman–Crippen MR) is 97.2 cm³/mol. The number of nitrogens with one attached hydrogen (secondary N) is 1. The summed E-state index contributed by atoms with van der Waals surface area (Å²) in [6.45, 7) is 2.68. The number of para-hydroxylation sites is 1. The number of halogens is 1.